The summed E-state index contributed by atoms with van der Waals surface area (Å²) in [6.07, 6.45) is -9.66. The predicted octanol–water partition coefficient (Wildman–Crippen LogP) is 19.7. The minimum absolute atomic E-state index is 0.139. The molecule has 0 bridgehead atoms. The summed E-state index contributed by atoms with van der Waals surface area (Å²) in [4.78, 5) is 4.93. The number of halogens is 6. The highest BCUT2D eigenvalue weighted by molar-refractivity contribution is 7.00. The van der Waals surface area contributed by atoms with E-state index in [4.69, 9.17) is 0 Å². The highest BCUT2D eigenvalue weighted by Crippen LogP contribution is 2.50. The van der Waals surface area contributed by atoms with Crippen molar-refractivity contribution in [2.75, 3.05) is 9.80 Å². The second kappa shape index (κ2) is 19.0. The number of nitrogens with zero attached hydrogens (tertiary/aromatic N) is 3. The van der Waals surface area contributed by atoms with Crippen molar-refractivity contribution < 1.29 is 26.3 Å². The zero-order valence-electron chi connectivity index (χ0n) is 49.4. The van der Waals surface area contributed by atoms with Crippen molar-refractivity contribution in [3.8, 4) is 27.9 Å². The van der Waals surface area contributed by atoms with Crippen LogP contribution in [-0.2, 0) is 34.0 Å². The van der Waals surface area contributed by atoms with Crippen molar-refractivity contribution >= 4 is 79.0 Å². The van der Waals surface area contributed by atoms with Crippen molar-refractivity contribution in [2.45, 2.75) is 124 Å². The third kappa shape index (κ3) is 9.60. The van der Waals surface area contributed by atoms with E-state index in [1.54, 1.807) is 6.92 Å². The van der Waals surface area contributed by atoms with Crippen LogP contribution in [0.2, 0.25) is 0 Å². The molecule has 1 aromatic heterocycles. The molecule has 83 heavy (non-hydrogen) atoms. The topological polar surface area (TPSA) is 11.4 Å². The quantitative estimate of drug-likeness (QED) is 0.126. The van der Waals surface area contributed by atoms with Crippen LogP contribution in [0.5, 0.6) is 0 Å². The summed E-state index contributed by atoms with van der Waals surface area (Å²) >= 11 is 0. The van der Waals surface area contributed by atoms with Crippen LogP contribution in [0.1, 0.15) is 122 Å². The van der Waals surface area contributed by atoms with E-state index in [1.807, 2.05) is 41.0 Å². The molecule has 0 saturated heterocycles. The Kier molecular flexibility index (Phi) is 12.7. The molecule has 9 aromatic carbocycles. The van der Waals surface area contributed by atoms with Gasteiger partial charge in [0.1, 0.15) is 0 Å². The lowest BCUT2D eigenvalue weighted by Crippen LogP contribution is -2.61. The van der Waals surface area contributed by atoms with Crippen molar-refractivity contribution in [2.24, 2.45) is 0 Å². The van der Waals surface area contributed by atoms with Crippen LogP contribution in [0.15, 0.2) is 176 Å². The first kappa shape index (κ1) is 55.6. The van der Waals surface area contributed by atoms with E-state index in [-0.39, 0.29) is 45.2 Å². The van der Waals surface area contributed by atoms with Gasteiger partial charge < -0.3 is 14.4 Å². The summed E-state index contributed by atoms with van der Waals surface area (Å²) in [7, 11) is 0. The summed E-state index contributed by atoms with van der Waals surface area (Å²) in [5, 5.41) is 1.58. The summed E-state index contributed by atoms with van der Waals surface area (Å²) in [5.74, 6) is 0. The highest BCUT2D eigenvalue weighted by atomic mass is 19.4. The molecule has 420 valence electrons. The Bertz CT molecular complexity index is 4050. The molecule has 12 rings (SSSR count). The number of rotatable bonds is 5. The molecule has 0 saturated carbocycles. The molecule has 3 heterocycles. The van der Waals surface area contributed by atoms with Gasteiger partial charge in [-0.15, -0.1) is 0 Å². The molecule has 0 N–H and O–H groups in total. The Morgan fingerprint density at radius 3 is 1.33 bits per heavy atom. The van der Waals surface area contributed by atoms with E-state index >= 15 is 13.2 Å². The molecule has 2 aliphatic rings. The van der Waals surface area contributed by atoms with Crippen LogP contribution < -0.4 is 26.2 Å². The minimum atomic E-state index is -4.85. The fourth-order valence-electron chi connectivity index (χ4n) is 12.5. The average molecular weight is 1110 g/mol. The van der Waals surface area contributed by atoms with Crippen LogP contribution in [0.25, 0.3) is 49.7 Å². The van der Waals surface area contributed by atoms with E-state index in [0.717, 1.165) is 74.2 Å². The summed E-state index contributed by atoms with van der Waals surface area (Å²) in [6.45, 7) is 28.6. The average Bonchev–Trinajstić information content (AvgIpc) is 0.902. The number of para-hydroxylation sites is 3. The van der Waals surface area contributed by atoms with Gasteiger partial charge in [-0.25, -0.2) is 0 Å². The summed E-state index contributed by atoms with van der Waals surface area (Å²) in [5.41, 5.74) is 15.1. The van der Waals surface area contributed by atoms with Gasteiger partial charge in [-0.3, -0.25) is 0 Å². The molecule has 0 spiro atoms. The number of alkyl halides is 6. The second-order valence-corrected chi connectivity index (χ2v) is 27.0. The molecule has 10 aromatic rings. The third-order valence-corrected chi connectivity index (χ3v) is 17.0. The van der Waals surface area contributed by atoms with Crippen molar-refractivity contribution in [3.63, 3.8) is 0 Å². The van der Waals surface area contributed by atoms with Gasteiger partial charge in [0.15, 0.2) is 0 Å². The smallest absolute Gasteiger partial charge is 0.311 e. The Morgan fingerprint density at radius 2 is 0.831 bits per heavy atom. The van der Waals surface area contributed by atoms with Crippen LogP contribution in [-0.4, -0.2) is 11.3 Å². The molecule has 0 fully saturated rings. The standard InChI is InChI=1S/C73H68BF6N3/c1-43-26-29-53(57(32-43)73(78,79)80)56-42-46(72(75,76)77)28-31-62(56)83-60-23-17-14-20-54(60)55-33-44(27-30-61(55)83)45-34-65-67-66(35-45)82(52-40-49(70(8,9)10)37-50(41-52)71(11,12)13)64-25-19-16-22-59(64)74(67)58-21-15-18-24-63(58)81(65)51-38-47(68(2,3)4)36-48(39-51)69(5,6)7/h14-42H,1-13H3. The van der Waals surface area contributed by atoms with E-state index in [9.17, 15) is 13.2 Å². The van der Waals surface area contributed by atoms with Gasteiger partial charge in [0, 0.05) is 50.5 Å². The predicted molar refractivity (Wildman–Crippen MR) is 335 cm³/mol. The molecule has 0 amide bonds. The van der Waals surface area contributed by atoms with Crippen LogP contribution in [0, 0.1) is 6.92 Å². The summed E-state index contributed by atoms with van der Waals surface area (Å²) < 4.78 is 90.9. The molecule has 0 unspecified atom stereocenters. The minimum Gasteiger partial charge on any atom is -0.311 e. The Morgan fingerprint density at radius 1 is 0.349 bits per heavy atom. The number of fused-ring (bicyclic) bond motifs is 7. The van der Waals surface area contributed by atoms with Crippen LogP contribution in [0.4, 0.5) is 60.5 Å². The maximum absolute atomic E-state index is 15.0. The van der Waals surface area contributed by atoms with E-state index < -0.39 is 23.5 Å². The highest BCUT2D eigenvalue weighted by Gasteiger charge is 2.45. The first-order chi connectivity index (χ1) is 38.9. The molecule has 3 nitrogen and oxygen atoms in total. The van der Waals surface area contributed by atoms with Crippen LogP contribution in [0.3, 0.4) is 0 Å². The molecular formula is C73H68BF6N3. The van der Waals surface area contributed by atoms with Crippen molar-refractivity contribution in [3.05, 3.63) is 215 Å². The van der Waals surface area contributed by atoms with Gasteiger partial charge >= 0.3 is 12.4 Å². The monoisotopic (exact) mass is 1110 g/mol. The van der Waals surface area contributed by atoms with Gasteiger partial charge in [-0.1, -0.05) is 174 Å². The lowest BCUT2D eigenvalue weighted by Gasteiger charge is -2.45. The third-order valence-electron chi connectivity index (χ3n) is 17.0. The molecular weight excluding hydrogens is 1040 g/mol. The van der Waals surface area contributed by atoms with Gasteiger partial charge in [0.2, 0.25) is 0 Å². The Balaban J connectivity index is 1.18. The molecule has 0 radical (unpaired) electrons. The van der Waals surface area contributed by atoms with E-state index in [0.29, 0.717) is 16.6 Å². The maximum Gasteiger partial charge on any atom is 0.417 e. The molecule has 0 atom stereocenters. The van der Waals surface area contributed by atoms with E-state index in [1.165, 1.54) is 56.8 Å². The summed E-state index contributed by atoms with van der Waals surface area (Å²) in [6, 6.07) is 57.0. The zero-order valence-corrected chi connectivity index (χ0v) is 49.4. The fraction of sp³-hybridized carbons (Fsp3) is 0.260. The SMILES string of the molecule is Cc1ccc(-c2cc(C(F)(F)F)ccc2-n2c3ccccc3c3cc(-c4cc5c6c(c4)N(c4cc(C(C)(C)C)cc(C(C)(C)C)c4)c4ccccc4B6c4ccccc4N5c4cc(C(C)(C)C)cc(C(C)(C)C)c4)ccc32)c(C(F)(F)F)c1. The fourth-order valence-corrected chi connectivity index (χ4v) is 12.5. The van der Waals surface area contributed by atoms with Crippen LogP contribution >= 0.6 is 0 Å². The van der Waals surface area contributed by atoms with Gasteiger partial charge in [0.25, 0.3) is 6.71 Å². The molecule has 2 aliphatic heterocycles. The van der Waals surface area contributed by atoms with E-state index in [2.05, 4.69) is 196 Å². The second-order valence-electron chi connectivity index (χ2n) is 27.0. The lowest BCUT2D eigenvalue weighted by molar-refractivity contribution is -0.137. The molecule has 0 aliphatic carbocycles. The van der Waals surface area contributed by atoms with Crippen molar-refractivity contribution in [1.29, 1.82) is 0 Å². The van der Waals surface area contributed by atoms with Crippen molar-refractivity contribution in [1.82, 2.24) is 4.57 Å². The number of hydrogen-bond donors (Lipinski definition) is 0. The molecule has 10 heteroatoms. The normalized spacial score (nSPS) is 13.9. The first-order valence-electron chi connectivity index (χ1n) is 28.6. The van der Waals surface area contributed by atoms with Gasteiger partial charge in [0.05, 0.1) is 27.8 Å². The van der Waals surface area contributed by atoms with Gasteiger partial charge in [-0.05, 0) is 175 Å². The van der Waals surface area contributed by atoms with Gasteiger partial charge in [-0.2, -0.15) is 26.3 Å². The largest absolute Gasteiger partial charge is 0.417 e. The number of aromatic nitrogens is 1. The zero-order chi connectivity index (χ0) is 59.2. The number of aryl methyl sites for hydroxylation is 1. The Labute approximate surface area is 484 Å². The number of hydrogen-bond acceptors (Lipinski definition) is 2. The maximum atomic E-state index is 15.0. The first-order valence-corrected chi connectivity index (χ1v) is 28.6. The Hall–Kier alpha value is -7.98. The lowest BCUT2D eigenvalue weighted by atomic mass is 9.33. The number of benzene rings is 9. The number of anilines is 6.